The van der Waals surface area contributed by atoms with Gasteiger partial charge in [0.25, 0.3) is 0 Å². The molecule has 0 heterocycles. The van der Waals surface area contributed by atoms with Gasteiger partial charge in [-0.1, -0.05) is 0 Å². The normalized spacial score (nSPS) is 13.7. The van der Waals surface area contributed by atoms with Crippen molar-refractivity contribution < 1.29 is 28.5 Å². The van der Waals surface area contributed by atoms with Crippen LogP contribution in [0.25, 0.3) is 0 Å². The number of carbonyl (C=O) groups excluding carboxylic acids is 2. The summed E-state index contributed by atoms with van der Waals surface area (Å²) in [4.78, 5) is 27.9. The van der Waals surface area contributed by atoms with E-state index >= 15 is 0 Å². The zero-order valence-corrected chi connectivity index (χ0v) is 19.7. The van der Waals surface area contributed by atoms with E-state index in [1.54, 1.807) is 41.5 Å². The monoisotopic (exact) mass is 432 g/mol. The molecule has 0 aliphatic heterocycles. The summed E-state index contributed by atoms with van der Waals surface area (Å²) < 4.78 is 21.4. The van der Waals surface area contributed by atoms with Gasteiger partial charge in [-0.2, -0.15) is 0 Å². The van der Waals surface area contributed by atoms with Crippen LogP contribution in [-0.2, 0) is 18.9 Å². The standard InChI is InChI=1S/C20H40N4O6/c1-9-27-15(28-10-2)14(21)12-11-13-22-16(23-17(25)29-19(3,4)5)24-18(26)30-20(6,7)8/h14-15H,9-13,21H2,1-8H3,(H2,22,23,24,25,26)/t14-/m0/s1. The number of nitrogens with zero attached hydrogens (tertiary/aromatic N) is 1. The quantitative estimate of drug-likeness (QED) is 0.219. The van der Waals surface area contributed by atoms with Crippen LogP contribution in [0.4, 0.5) is 9.59 Å². The number of guanidine groups is 1. The Balaban J connectivity index is 4.88. The van der Waals surface area contributed by atoms with E-state index in [4.69, 9.17) is 24.7 Å². The van der Waals surface area contributed by atoms with Crippen LogP contribution in [0.2, 0.25) is 0 Å². The molecule has 0 saturated heterocycles. The summed E-state index contributed by atoms with van der Waals surface area (Å²) in [5.41, 5.74) is 4.73. The largest absolute Gasteiger partial charge is 0.444 e. The molecule has 0 aromatic carbocycles. The molecule has 0 aliphatic carbocycles. The molecule has 0 bridgehead atoms. The maximum Gasteiger partial charge on any atom is 0.437 e. The second-order valence-corrected chi connectivity index (χ2v) is 8.58. The Morgan fingerprint density at radius 3 is 1.97 bits per heavy atom. The average Bonchev–Trinajstić information content (AvgIpc) is 2.54. The third-order valence-electron chi connectivity index (χ3n) is 3.23. The van der Waals surface area contributed by atoms with Gasteiger partial charge < -0.3 is 30.0 Å². The molecule has 0 aromatic heterocycles. The average molecular weight is 433 g/mol. The first-order chi connectivity index (χ1) is 13.8. The summed E-state index contributed by atoms with van der Waals surface area (Å²) in [7, 11) is 0. The van der Waals surface area contributed by atoms with E-state index < -0.39 is 29.7 Å². The van der Waals surface area contributed by atoms with Crippen LogP contribution >= 0.6 is 0 Å². The van der Waals surface area contributed by atoms with E-state index in [0.717, 1.165) is 0 Å². The third kappa shape index (κ3) is 15.0. The summed E-state index contributed by atoms with van der Waals surface area (Å²) in [5, 5.41) is 5.35. The fourth-order valence-electron chi connectivity index (χ4n) is 2.19. The van der Waals surface area contributed by atoms with Gasteiger partial charge in [0.1, 0.15) is 11.2 Å². The zero-order chi connectivity index (χ0) is 23.4. The Bertz CT molecular complexity index is 548. The van der Waals surface area contributed by atoms with Gasteiger partial charge in [-0.05, 0) is 68.2 Å². The fourth-order valence-corrected chi connectivity index (χ4v) is 2.19. The Morgan fingerprint density at radius 1 is 0.967 bits per heavy atom. The lowest BCUT2D eigenvalue weighted by Crippen LogP contribution is -2.45. The highest BCUT2D eigenvalue weighted by Gasteiger charge is 2.21. The second-order valence-electron chi connectivity index (χ2n) is 8.58. The number of ether oxygens (including phenoxy) is 4. The van der Waals surface area contributed by atoms with Crippen LogP contribution in [0.1, 0.15) is 68.2 Å². The van der Waals surface area contributed by atoms with Crippen LogP contribution in [0.3, 0.4) is 0 Å². The SMILES string of the molecule is CCOC(OCC)[C@@H](N)CCCNC(=NC(=O)OC(C)(C)C)NC(=O)OC(C)(C)C. The van der Waals surface area contributed by atoms with Gasteiger partial charge >= 0.3 is 12.2 Å². The molecule has 0 saturated carbocycles. The summed E-state index contributed by atoms with van der Waals surface area (Å²) in [5.74, 6) is -0.0572. The lowest BCUT2D eigenvalue weighted by Gasteiger charge is -2.23. The second kappa shape index (κ2) is 13.4. The number of carbonyl (C=O) groups is 2. The minimum absolute atomic E-state index is 0.0572. The van der Waals surface area contributed by atoms with Gasteiger partial charge in [0.05, 0.1) is 6.04 Å². The van der Waals surface area contributed by atoms with E-state index in [1.807, 2.05) is 13.8 Å². The van der Waals surface area contributed by atoms with Crippen molar-refractivity contribution in [3.05, 3.63) is 0 Å². The van der Waals surface area contributed by atoms with Crippen molar-refractivity contribution in [2.75, 3.05) is 19.8 Å². The lowest BCUT2D eigenvalue weighted by atomic mass is 10.1. The van der Waals surface area contributed by atoms with Crippen LogP contribution in [0, 0.1) is 0 Å². The molecular weight excluding hydrogens is 392 g/mol. The Kier molecular flexibility index (Phi) is 12.6. The number of hydrogen-bond acceptors (Lipinski definition) is 7. The summed E-state index contributed by atoms with van der Waals surface area (Å²) in [6.07, 6.45) is -0.813. The van der Waals surface area contributed by atoms with Crippen LogP contribution in [0.5, 0.6) is 0 Å². The van der Waals surface area contributed by atoms with Crippen molar-refractivity contribution in [2.45, 2.75) is 91.8 Å². The van der Waals surface area contributed by atoms with Gasteiger partial charge in [-0.3, -0.25) is 5.32 Å². The molecule has 4 N–H and O–H groups in total. The number of amides is 2. The molecule has 30 heavy (non-hydrogen) atoms. The van der Waals surface area contributed by atoms with Crippen LogP contribution in [0.15, 0.2) is 4.99 Å². The van der Waals surface area contributed by atoms with Gasteiger partial charge in [-0.15, -0.1) is 4.99 Å². The first kappa shape index (κ1) is 28.1. The van der Waals surface area contributed by atoms with E-state index in [1.165, 1.54) is 0 Å². The van der Waals surface area contributed by atoms with Crippen molar-refractivity contribution >= 4 is 18.1 Å². The van der Waals surface area contributed by atoms with Gasteiger partial charge in [0, 0.05) is 19.8 Å². The first-order valence-electron chi connectivity index (χ1n) is 10.3. The number of hydrogen-bond donors (Lipinski definition) is 3. The van der Waals surface area contributed by atoms with E-state index in [0.29, 0.717) is 32.6 Å². The van der Waals surface area contributed by atoms with E-state index in [9.17, 15) is 9.59 Å². The third-order valence-corrected chi connectivity index (χ3v) is 3.23. The van der Waals surface area contributed by atoms with Gasteiger partial charge in [0.15, 0.2) is 6.29 Å². The zero-order valence-electron chi connectivity index (χ0n) is 19.7. The molecule has 0 radical (unpaired) electrons. The topological polar surface area (TPSA) is 134 Å². The van der Waals surface area contributed by atoms with E-state index in [2.05, 4.69) is 15.6 Å². The predicted octanol–water partition coefficient (Wildman–Crippen LogP) is 2.90. The molecule has 0 aromatic rings. The van der Waals surface area contributed by atoms with Gasteiger partial charge in [-0.25, -0.2) is 9.59 Å². The molecule has 10 nitrogen and oxygen atoms in total. The predicted molar refractivity (Wildman–Crippen MR) is 115 cm³/mol. The highest BCUT2D eigenvalue weighted by Crippen LogP contribution is 2.09. The van der Waals surface area contributed by atoms with Crippen molar-refractivity contribution in [3.63, 3.8) is 0 Å². The number of rotatable bonds is 9. The molecule has 176 valence electrons. The number of nitrogens with one attached hydrogen (secondary N) is 2. The minimum atomic E-state index is -0.828. The molecule has 0 unspecified atom stereocenters. The summed E-state index contributed by atoms with van der Waals surface area (Å²) in [6, 6.07) is -0.309. The Hall–Kier alpha value is -1.91. The molecule has 10 heteroatoms. The Labute approximate surface area is 180 Å². The fraction of sp³-hybridized carbons (Fsp3) is 0.850. The molecule has 2 amide bonds. The first-order valence-corrected chi connectivity index (χ1v) is 10.3. The molecule has 0 fully saturated rings. The minimum Gasteiger partial charge on any atom is -0.444 e. The number of alkyl carbamates (subject to hydrolysis) is 1. The van der Waals surface area contributed by atoms with Crippen molar-refractivity contribution in [3.8, 4) is 0 Å². The number of aliphatic imine (C=N–C) groups is 1. The summed E-state index contributed by atoms with van der Waals surface area (Å²) in [6.45, 7) is 15.5. The molecule has 1 atom stereocenters. The lowest BCUT2D eigenvalue weighted by molar-refractivity contribution is -0.149. The summed E-state index contributed by atoms with van der Waals surface area (Å²) >= 11 is 0. The van der Waals surface area contributed by atoms with Crippen LogP contribution in [-0.4, -0.2) is 61.4 Å². The van der Waals surface area contributed by atoms with Crippen molar-refractivity contribution in [1.29, 1.82) is 0 Å². The molecular formula is C20H40N4O6. The Morgan fingerprint density at radius 2 is 1.50 bits per heavy atom. The highest BCUT2D eigenvalue weighted by atomic mass is 16.7. The number of nitrogens with two attached hydrogens (primary N) is 1. The molecule has 0 aliphatic rings. The van der Waals surface area contributed by atoms with Crippen molar-refractivity contribution in [1.82, 2.24) is 10.6 Å². The van der Waals surface area contributed by atoms with Crippen LogP contribution < -0.4 is 16.4 Å². The molecule has 0 spiro atoms. The maximum atomic E-state index is 12.1. The smallest absolute Gasteiger partial charge is 0.437 e. The van der Waals surface area contributed by atoms with Crippen molar-refractivity contribution in [2.24, 2.45) is 10.7 Å². The molecule has 0 rings (SSSR count). The van der Waals surface area contributed by atoms with Gasteiger partial charge in [0.2, 0.25) is 5.96 Å². The maximum absolute atomic E-state index is 12.1. The van der Waals surface area contributed by atoms with E-state index in [-0.39, 0.29) is 12.0 Å². The highest BCUT2D eigenvalue weighted by molar-refractivity contribution is 5.98.